The minimum atomic E-state index is -1.49. The fraction of sp³-hybridized carbons (Fsp3) is 0.562. The second kappa shape index (κ2) is 18.5. The number of unbranched alkanes of at least 4 members (excludes halogenated alkanes) is 9. The molecule has 2 atom stereocenters. The highest BCUT2D eigenvalue weighted by Crippen LogP contribution is 2.40. The Morgan fingerprint density at radius 2 is 1.75 bits per heavy atom. The molecule has 48 heavy (non-hydrogen) atoms. The molecule has 4 rings (SSSR count). The van der Waals surface area contributed by atoms with Crippen LogP contribution in [0.5, 0.6) is 0 Å². The Balaban J connectivity index is 1.28. The van der Waals surface area contributed by atoms with Crippen molar-refractivity contribution >= 4 is 57.8 Å². The number of anilines is 1. The van der Waals surface area contributed by atoms with Gasteiger partial charge in [-0.25, -0.2) is 4.57 Å². The Hall–Kier alpha value is -4.05. The van der Waals surface area contributed by atoms with E-state index in [4.69, 9.17) is 10.6 Å². The number of pyridine rings is 1. The van der Waals surface area contributed by atoms with E-state index >= 15 is 0 Å². The largest absolute Gasteiger partial charge is 0.543 e. The van der Waals surface area contributed by atoms with Crippen LogP contribution in [-0.4, -0.2) is 74.0 Å². The lowest BCUT2D eigenvalue weighted by Crippen LogP contribution is -2.71. The number of thioether (sulfide) groups is 1. The Morgan fingerprint density at radius 1 is 1.08 bits per heavy atom. The third-order valence-electron chi connectivity index (χ3n) is 8.02. The van der Waals surface area contributed by atoms with E-state index in [9.17, 15) is 24.3 Å². The van der Waals surface area contributed by atoms with Gasteiger partial charge in [-0.05, 0) is 13.3 Å². The van der Waals surface area contributed by atoms with E-state index in [2.05, 4.69) is 32.1 Å². The van der Waals surface area contributed by atoms with Crippen LogP contribution in [0, 0.1) is 0 Å². The molecule has 0 spiro atoms. The van der Waals surface area contributed by atoms with Crippen molar-refractivity contribution in [3.8, 4) is 0 Å². The van der Waals surface area contributed by atoms with Crippen LogP contribution in [0.1, 0.15) is 94.2 Å². The molecule has 16 heteroatoms. The highest BCUT2D eigenvalue weighted by Gasteiger charge is 2.53. The lowest BCUT2D eigenvalue weighted by atomic mass is 10.0. The molecule has 0 aromatic carbocycles. The molecule has 3 amide bonds. The lowest BCUT2D eigenvalue weighted by molar-refractivity contribution is -0.689. The van der Waals surface area contributed by atoms with Crippen molar-refractivity contribution in [1.82, 2.24) is 24.9 Å². The summed E-state index contributed by atoms with van der Waals surface area (Å²) < 4.78 is 5.73. The van der Waals surface area contributed by atoms with Crippen molar-refractivity contribution in [2.75, 3.05) is 24.6 Å². The first-order chi connectivity index (χ1) is 23.2. The first kappa shape index (κ1) is 36.8. The number of rotatable bonds is 20. The number of nitrogens with one attached hydrogen (secondary N) is 2. The van der Waals surface area contributed by atoms with Gasteiger partial charge in [0.2, 0.25) is 11.5 Å². The van der Waals surface area contributed by atoms with E-state index in [1.165, 1.54) is 63.1 Å². The standard InChI is InChI=1S/C32H44N8O6S2/c1-3-5-6-7-8-9-10-11-12-13-16-34-27(41)21-14-17-39(18-15-21)19-22-20-47-30-24(29(43)40(30)25(22)31(44)45)35-28(42)23(37-46-4-2)26-36-32(33)48-38-26/h14-15,17-18,24,30H,3-13,16,19-20H2,1-2H3,(H4-,33,34,35,36,38,41,42,44,45)/t24?,30-/m1/s1. The van der Waals surface area contributed by atoms with E-state index in [-0.39, 0.29) is 47.2 Å². The van der Waals surface area contributed by atoms with Crippen LogP contribution in [0.2, 0.25) is 0 Å². The van der Waals surface area contributed by atoms with Gasteiger partial charge in [-0.1, -0.05) is 69.9 Å². The molecule has 4 heterocycles. The first-order valence-corrected chi connectivity index (χ1v) is 18.3. The summed E-state index contributed by atoms with van der Waals surface area (Å²) in [6.07, 6.45) is 15.7. The van der Waals surface area contributed by atoms with Crippen molar-refractivity contribution in [1.29, 1.82) is 0 Å². The Bertz CT molecular complexity index is 1500. The maximum absolute atomic E-state index is 13.2. The van der Waals surface area contributed by atoms with Gasteiger partial charge in [0, 0.05) is 41.5 Å². The fourth-order valence-corrected chi connectivity index (χ4v) is 7.27. The van der Waals surface area contributed by atoms with E-state index in [1.54, 1.807) is 36.0 Å². The highest BCUT2D eigenvalue weighted by atomic mass is 32.2. The zero-order valence-corrected chi connectivity index (χ0v) is 29.1. The molecule has 0 saturated carbocycles. The van der Waals surface area contributed by atoms with Crippen LogP contribution < -0.4 is 26.0 Å². The minimum absolute atomic E-state index is 0.0457. The Morgan fingerprint density at radius 3 is 2.35 bits per heavy atom. The molecule has 0 radical (unpaired) electrons. The SMILES string of the molecule is CCCCCCCCCCCCNC(=O)c1cc[n+](CC2=C(C(=O)[O-])N3C(=O)C(NC(=O)C(=NOCC)c4nsc(N)n4)[C@H]3SC2)cc1. The number of nitrogens with two attached hydrogens (primary N) is 1. The van der Waals surface area contributed by atoms with Gasteiger partial charge in [-0.3, -0.25) is 19.3 Å². The molecule has 260 valence electrons. The van der Waals surface area contributed by atoms with Gasteiger partial charge in [0.25, 0.3) is 17.7 Å². The van der Waals surface area contributed by atoms with Crippen molar-refractivity contribution in [2.24, 2.45) is 5.16 Å². The molecule has 2 aliphatic rings. The average Bonchev–Trinajstić information content (AvgIpc) is 3.51. The number of oxime groups is 1. The molecular weight excluding hydrogens is 657 g/mol. The predicted molar refractivity (Wildman–Crippen MR) is 180 cm³/mol. The number of fused-ring (bicyclic) bond motifs is 1. The number of hydrogen-bond acceptors (Lipinski definition) is 12. The molecule has 2 aromatic heterocycles. The van der Waals surface area contributed by atoms with Gasteiger partial charge in [-0.15, -0.1) is 11.8 Å². The van der Waals surface area contributed by atoms with Gasteiger partial charge in [-0.2, -0.15) is 9.36 Å². The number of carbonyl (C=O) groups is 4. The molecule has 0 aliphatic carbocycles. The summed E-state index contributed by atoms with van der Waals surface area (Å²) in [5, 5.41) is 21.1. The average molecular weight is 701 g/mol. The van der Waals surface area contributed by atoms with Crippen LogP contribution in [0.3, 0.4) is 0 Å². The van der Waals surface area contributed by atoms with Gasteiger partial charge in [0.1, 0.15) is 18.0 Å². The zero-order valence-electron chi connectivity index (χ0n) is 27.4. The summed E-state index contributed by atoms with van der Waals surface area (Å²) in [6, 6.07) is 2.35. The third-order valence-corrected chi connectivity index (χ3v) is 9.91. The monoisotopic (exact) mass is 700 g/mol. The molecule has 1 unspecified atom stereocenters. The number of nitrogen functional groups attached to an aromatic ring is 1. The van der Waals surface area contributed by atoms with Crippen molar-refractivity contribution in [3.05, 3.63) is 47.2 Å². The number of carbonyl (C=O) groups excluding carboxylic acids is 4. The zero-order chi connectivity index (χ0) is 34.5. The third kappa shape index (κ3) is 9.75. The summed E-state index contributed by atoms with van der Waals surface area (Å²) in [4.78, 5) is 61.2. The van der Waals surface area contributed by atoms with E-state index in [0.717, 1.165) is 29.3 Å². The number of amides is 3. The van der Waals surface area contributed by atoms with E-state index in [1.807, 2.05) is 0 Å². The number of hydrogen-bond donors (Lipinski definition) is 3. The second-order valence-electron chi connectivity index (χ2n) is 11.6. The number of carboxylic acids is 1. The fourth-order valence-electron chi connectivity index (χ4n) is 5.50. The first-order valence-electron chi connectivity index (χ1n) is 16.5. The maximum Gasteiger partial charge on any atom is 0.278 e. The smallest absolute Gasteiger partial charge is 0.278 e. The van der Waals surface area contributed by atoms with Gasteiger partial charge < -0.3 is 31.1 Å². The maximum atomic E-state index is 13.2. The summed E-state index contributed by atoms with van der Waals surface area (Å²) in [7, 11) is 0. The van der Waals surface area contributed by atoms with Crippen LogP contribution >= 0.6 is 23.3 Å². The van der Waals surface area contributed by atoms with Crippen molar-refractivity contribution < 1.29 is 33.7 Å². The molecular formula is C32H44N8O6S2. The van der Waals surface area contributed by atoms with Crippen LogP contribution in [-0.2, 0) is 25.8 Å². The number of carboxylic acid groups (broad SMARTS) is 1. The summed E-state index contributed by atoms with van der Waals surface area (Å²) in [5.41, 5.74) is 6.14. The van der Waals surface area contributed by atoms with E-state index in [0.29, 0.717) is 17.7 Å². The quantitative estimate of drug-likeness (QED) is 0.0604. The highest BCUT2D eigenvalue weighted by molar-refractivity contribution is 8.00. The molecule has 1 saturated heterocycles. The number of nitrogens with zero attached hydrogens (tertiary/aromatic N) is 5. The van der Waals surface area contributed by atoms with Crippen molar-refractivity contribution in [2.45, 2.75) is 96.0 Å². The predicted octanol–water partition coefficient (Wildman–Crippen LogP) is 1.90. The van der Waals surface area contributed by atoms with Gasteiger partial charge >= 0.3 is 0 Å². The summed E-state index contributed by atoms with van der Waals surface area (Å²) in [6.45, 7) is 4.88. The molecule has 4 N–H and O–H groups in total. The molecule has 1 fully saturated rings. The number of β-lactam (4-membered cyclic amide) rings is 1. The van der Waals surface area contributed by atoms with Crippen LogP contribution in [0.4, 0.5) is 5.13 Å². The molecule has 2 aliphatic heterocycles. The Labute approximate surface area is 288 Å². The van der Waals surface area contributed by atoms with Gasteiger partial charge in [0.05, 0.1) is 17.2 Å². The molecule has 2 aromatic rings. The molecule has 14 nitrogen and oxygen atoms in total. The second-order valence-corrected chi connectivity index (χ2v) is 13.5. The minimum Gasteiger partial charge on any atom is -0.543 e. The summed E-state index contributed by atoms with van der Waals surface area (Å²) >= 11 is 2.19. The Kier molecular flexibility index (Phi) is 14.2. The van der Waals surface area contributed by atoms with Crippen LogP contribution in [0.25, 0.3) is 0 Å². The topological polar surface area (TPSA) is 196 Å². The van der Waals surface area contributed by atoms with E-state index < -0.39 is 29.2 Å². The van der Waals surface area contributed by atoms with Crippen LogP contribution in [0.15, 0.2) is 41.0 Å². The number of aliphatic carboxylic acids is 1. The molecule has 0 bridgehead atoms. The van der Waals surface area contributed by atoms with Crippen molar-refractivity contribution in [3.63, 3.8) is 0 Å². The lowest BCUT2D eigenvalue weighted by Gasteiger charge is -2.50. The summed E-state index contributed by atoms with van der Waals surface area (Å²) in [5.74, 6) is -2.77. The van der Waals surface area contributed by atoms with Gasteiger partial charge in [0.15, 0.2) is 24.1 Å². The normalized spacial score (nSPS) is 17.5. The number of aromatic nitrogens is 3.